The van der Waals surface area contributed by atoms with Gasteiger partial charge in [0.25, 0.3) is 0 Å². The quantitative estimate of drug-likeness (QED) is 0.844. The van der Waals surface area contributed by atoms with Gasteiger partial charge in [-0.05, 0) is 25.0 Å². The van der Waals surface area contributed by atoms with Crippen LogP contribution in [0.4, 0.5) is 10.5 Å². The summed E-state index contributed by atoms with van der Waals surface area (Å²) in [4.78, 5) is 18.9. The van der Waals surface area contributed by atoms with Gasteiger partial charge in [-0.1, -0.05) is 37.5 Å². The SMILES string of the molecule is COc1ccc(NC(=O)N(Cc2ccccc2O)C2CCCCC2)cn1. The van der Waals surface area contributed by atoms with Crippen molar-refractivity contribution in [3.8, 4) is 11.6 Å². The second-order valence-corrected chi connectivity index (χ2v) is 6.57. The van der Waals surface area contributed by atoms with Gasteiger partial charge < -0.3 is 20.1 Å². The van der Waals surface area contributed by atoms with Crippen LogP contribution in [0.5, 0.6) is 11.6 Å². The van der Waals surface area contributed by atoms with Crippen molar-refractivity contribution in [2.75, 3.05) is 12.4 Å². The number of anilines is 1. The molecule has 0 atom stereocenters. The Bertz CT molecular complexity index is 727. The number of aromatic nitrogens is 1. The van der Waals surface area contributed by atoms with E-state index in [1.165, 1.54) is 6.42 Å². The number of carbonyl (C=O) groups is 1. The van der Waals surface area contributed by atoms with E-state index in [0.717, 1.165) is 31.2 Å². The molecule has 0 bridgehead atoms. The van der Waals surface area contributed by atoms with E-state index < -0.39 is 0 Å². The third kappa shape index (κ3) is 4.45. The highest BCUT2D eigenvalue weighted by molar-refractivity contribution is 5.89. The first kappa shape index (κ1) is 18.0. The smallest absolute Gasteiger partial charge is 0.322 e. The lowest BCUT2D eigenvalue weighted by Gasteiger charge is -2.34. The largest absolute Gasteiger partial charge is 0.508 e. The van der Waals surface area contributed by atoms with E-state index in [0.29, 0.717) is 18.1 Å². The highest BCUT2D eigenvalue weighted by atomic mass is 16.5. The summed E-state index contributed by atoms with van der Waals surface area (Å²) in [7, 11) is 1.55. The Morgan fingerprint density at radius 2 is 2.00 bits per heavy atom. The predicted molar refractivity (Wildman–Crippen MR) is 100 cm³/mol. The van der Waals surface area contributed by atoms with Crippen molar-refractivity contribution in [2.24, 2.45) is 0 Å². The maximum atomic E-state index is 13.0. The van der Waals surface area contributed by atoms with Crippen LogP contribution in [0.1, 0.15) is 37.7 Å². The monoisotopic (exact) mass is 355 g/mol. The number of aromatic hydroxyl groups is 1. The molecule has 1 aliphatic carbocycles. The number of hydrogen-bond acceptors (Lipinski definition) is 4. The highest BCUT2D eigenvalue weighted by Gasteiger charge is 2.26. The van der Waals surface area contributed by atoms with E-state index in [-0.39, 0.29) is 17.8 Å². The average Bonchev–Trinajstić information content (AvgIpc) is 2.68. The van der Waals surface area contributed by atoms with E-state index in [1.807, 2.05) is 17.0 Å². The fourth-order valence-corrected chi connectivity index (χ4v) is 3.36. The zero-order valence-electron chi connectivity index (χ0n) is 15.0. The van der Waals surface area contributed by atoms with Gasteiger partial charge in [0, 0.05) is 17.7 Å². The molecule has 1 saturated carbocycles. The van der Waals surface area contributed by atoms with Gasteiger partial charge in [-0.2, -0.15) is 0 Å². The van der Waals surface area contributed by atoms with Crippen LogP contribution in [-0.2, 0) is 6.54 Å². The van der Waals surface area contributed by atoms with Crippen molar-refractivity contribution >= 4 is 11.7 Å². The molecule has 1 aliphatic rings. The number of benzene rings is 1. The zero-order chi connectivity index (χ0) is 18.4. The maximum absolute atomic E-state index is 13.0. The molecular weight excluding hydrogens is 330 g/mol. The first-order valence-corrected chi connectivity index (χ1v) is 9.02. The van der Waals surface area contributed by atoms with Crippen LogP contribution in [0.25, 0.3) is 0 Å². The number of phenolic OH excluding ortho intramolecular Hbond substituents is 1. The fraction of sp³-hybridized carbons (Fsp3) is 0.400. The number of ether oxygens (including phenoxy) is 1. The van der Waals surface area contributed by atoms with Gasteiger partial charge in [-0.25, -0.2) is 9.78 Å². The highest BCUT2D eigenvalue weighted by Crippen LogP contribution is 2.27. The van der Waals surface area contributed by atoms with Crippen LogP contribution in [0.2, 0.25) is 0 Å². The molecule has 0 saturated heterocycles. The van der Waals surface area contributed by atoms with Crippen LogP contribution < -0.4 is 10.1 Å². The number of amides is 2. The molecule has 0 unspecified atom stereocenters. The normalized spacial score (nSPS) is 14.7. The number of para-hydroxylation sites is 1. The molecule has 26 heavy (non-hydrogen) atoms. The van der Waals surface area contributed by atoms with Gasteiger partial charge in [-0.3, -0.25) is 0 Å². The van der Waals surface area contributed by atoms with E-state index in [9.17, 15) is 9.90 Å². The Morgan fingerprint density at radius 3 is 2.65 bits per heavy atom. The molecule has 3 rings (SSSR count). The van der Waals surface area contributed by atoms with Crippen molar-refractivity contribution in [3.63, 3.8) is 0 Å². The average molecular weight is 355 g/mol. The lowest BCUT2D eigenvalue weighted by atomic mass is 9.94. The van der Waals surface area contributed by atoms with Crippen LogP contribution in [0, 0.1) is 0 Å². The Balaban J connectivity index is 1.76. The Labute approximate surface area is 153 Å². The van der Waals surface area contributed by atoms with E-state index in [2.05, 4.69) is 10.3 Å². The minimum Gasteiger partial charge on any atom is -0.508 e. The first-order chi connectivity index (χ1) is 12.7. The number of pyridine rings is 1. The van der Waals surface area contributed by atoms with E-state index in [4.69, 9.17) is 4.74 Å². The number of rotatable bonds is 5. The summed E-state index contributed by atoms with van der Waals surface area (Å²) in [6, 6.07) is 10.6. The van der Waals surface area contributed by atoms with Crippen molar-refractivity contribution < 1.29 is 14.6 Å². The van der Waals surface area contributed by atoms with Crippen LogP contribution >= 0.6 is 0 Å². The Morgan fingerprint density at radius 1 is 1.23 bits per heavy atom. The molecule has 0 aliphatic heterocycles. The minimum absolute atomic E-state index is 0.174. The van der Waals surface area contributed by atoms with Crippen LogP contribution in [0.15, 0.2) is 42.6 Å². The molecule has 2 amide bonds. The van der Waals surface area contributed by atoms with Gasteiger partial charge in [0.2, 0.25) is 5.88 Å². The summed E-state index contributed by atoms with van der Waals surface area (Å²) in [5.41, 5.74) is 1.37. The summed E-state index contributed by atoms with van der Waals surface area (Å²) >= 11 is 0. The fourth-order valence-electron chi connectivity index (χ4n) is 3.36. The molecule has 2 N–H and O–H groups in total. The van der Waals surface area contributed by atoms with Gasteiger partial charge >= 0.3 is 6.03 Å². The summed E-state index contributed by atoms with van der Waals surface area (Å²) < 4.78 is 5.05. The van der Waals surface area contributed by atoms with Crippen LogP contribution in [-0.4, -0.2) is 34.2 Å². The van der Waals surface area contributed by atoms with Gasteiger partial charge in [0.1, 0.15) is 5.75 Å². The number of hydrogen-bond donors (Lipinski definition) is 2. The summed E-state index contributed by atoms with van der Waals surface area (Å²) in [6.45, 7) is 0.382. The predicted octanol–water partition coefficient (Wildman–Crippen LogP) is 4.16. The molecule has 2 aromatic rings. The van der Waals surface area contributed by atoms with Crippen LogP contribution in [0.3, 0.4) is 0 Å². The number of phenols is 1. The van der Waals surface area contributed by atoms with Gasteiger partial charge in [0.05, 0.1) is 25.5 Å². The first-order valence-electron chi connectivity index (χ1n) is 9.02. The van der Waals surface area contributed by atoms with Crippen molar-refractivity contribution in [1.29, 1.82) is 0 Å². The standard InChI is InChI=1S/C20H25N3O3/c1-26-19-12-11-16(13-21-19)22-20(25)23(17-8-3-2-4-9-17)14-15-7-5-6-10-18(15)24/h5-7,10-13,17,24H,2-4,8-9,14H2,1H3,(H,22,25). The molecule has 1 aromatic heterocycles. The minimum atomic E-state index is -0.174. The van der Waals surface area contributed by atoms with Crippen molar-refractivity contribution in [3.05, 3.63) is 48.2 Å². The number of nitrogens with one attached hydrogen (secondary N) is 1. The molecule has 0 radical (unpaired) electrons. The second-order valence-electron chi connectivity index (χ2n) is 6.57. The molecule has 6 heteroatoms. The third-order valence-electron chi connectivity index (χ3n) is 4.81. The molecule has 0 spiro atoms. The molecule has 1 aromatic carbocycles. The topological polar surface area (TPSA) is 74.7 Å². The molecular formula is C20H25N3O3. The number of methoxy groups -OCH3 is 1. The number of urea groups is 1. The Kier molecular flexibility index (Phi) is 5.94. The molecule has 138 valence electrons. The second kappa shape index (κ2) is 8.56. The van der Waals surface area contributed by atoms with Crippen molar-refractivity contribution in [2.45, 2.75) is 44.7 Å². The number of nitrogens with zero attached hydrogens (tertiary/aromatic N) is 2. The summed E-state index contributed by atoms with van der Waals surface area (Å²) in [5.74, 6) is 0.716. The van der Waals surface area contributed by atoms with Gasteiger partial charge in [-0.15, -0.1) is 0 Å². The van der Waals surface area contributed by atoms with E-state index >= 15 is 0 Å². The maximum Gasteiger partial charge on any atom is 0.322 e. The molecule has 1 fully saturated rings. The molecule has 6 nitrogen and oxygen atoms in total. The summed E-state index contributed by atoms with van der Waals surface area (Å²) in [6.07, 6.45) is 7.02. The van der Waals surface area contributed by atoms with Gasteiger partial charge in [0.15, 0.2) is 0 Å². The Hall–Kier alpha value is -2.76. The lowest BCUT2D eigenvalue weighted by molar-refractivity contribution is 0.162. The molecule has 1 heterocycles. The van der Waals surface area contributed by atoms with E-state index in [1.54, 1.807) is 37.6 Å². The summed E-state index contributed by atoms with van der Waals surface area (Å²) in [5, 5.41) is 13.0. The van der Waals surface area contributed by atoms with Crippen molar-refractivity contribution in [1.82, 2.24) is 9.88 Å². The number of carbonyl (C=O) groups excluding carboxylic acids is 1. The third-order valence-corrected chi connectivity index (χ3v) is 4.81. The lowest BCUT2D eigenvalue weighted by Crippen LogP contribution is -2.43. The zero-order valence-corrected chi connectivity index (χ0v) is 15.0.